The van der Waals surface area contributed by atoms with Crippen LogP contribution in [0.2, 0.25) is 0 Å². The molecule has 146 valence electrons. The minimum absolute atomic E-state index is 0.0102. The van der Waals surface area contributed by atoms with E-state index >= 15 is 0 Å². The number of benzene rings is 2. The Morgan fingerprint density at radius 1 is 1.00 bits per heavy atom. The molecule has 1 amide bonds. The van der Waals surface area contributed by atoms with E-state index < -0.39 is 0 Å². The Hall–Kier alpha value is -3.04. The maximum Gasteiger partial charge on any atom is 0.260 e. The van der Waals surface area contributed by atoms with Crippen LogP contribution >= 0.6 is 0 Å². The van der Waals surface area contributed by atoms with Crippen molar-refractivity contribution in [2.45, 2.75) is 13.0 Å². The van der Waals surface area contributed by atoms with Crippen LogP contribution < -0.4 is 9.47 Å². The summed E-state index contributed by atoms with van der Waals surface area (Å²) >= 11 is 0. The van der Waals surface area contributed by atoms with E-state index in [9.17, 15) is 4.79 Å². The largest absolute Gasteiger partial charge is 0.497 e. The third kappa shape index (κ3) is 5.48. The average Bonchev–Trinajstić information content (AvgIpc) is 2.98. The number of methoxy groups -OCH3 is 1. The number of amides is 1. The summed E-state index contributed by atoms with van der Waals surface area (Å²) in [4.78, 5) is 16.7. The average molecular weight is 379 g/mol. The SMILES string of the molecule is COc1ccc(OCC(=O)N2CCCN(Cc3ccc(C#N)cc3)CC2)cc1. The summed E-state index contributed by atoms with van der Waals surface area (Å²) in [6.07, 6.45) is 0.935. The van der Waals surface area contributed by atoms with E-state index in [0.717, 1.165) is 38.3 Å². The highest BCUT2D eigenvalue weighted by atomic mass is 16.5. The van der Waals surface area contributed by atoms with Crippen LogP contribution in [-0.2, 0) is 11.3 Å². The first kappa shape index (κ1) is 19.7. The van der Waals surface area contributed by atoms with E-state index in [1.165, 1.54) is 5.56 Å². The molecule has 6 nitrogen and oxygen atoms in total. The number of nitrogens with zero attached hydrogens (tertiary/aromatic N) is 3. The van der Waals surface area contributed by atoms with Gasteiger partial charge in [0, 0.05) is 32.7 Å². The summed E-state index contributed by atoms with van der Waals surface area (Å²) < 4.78 is 10.7. The lowest BCUT2D eigenvalue weighted by atomic mass is 10.1. The summed E-state index contributed by atoms with van der Waals surface area (Å²) in [7, 11) is 1.61. The van der Waals surface area contributed by atoms with E-state index in [2.05, 4.69) is 11.0 Å². The maximum absolute atomic E-state index is 12.5. The van der Waals surface area contributed by atoms with Crippen LogP contribution in [-0.4, -0.2) is 55.6 Å². The van der Waals surface area contributed by atoms with Gasteiger partial charge in [-0.25, -0.2) is 0 Å². The van der Waals surface area contributed by atoms with E-state index in [4.69, 9.17) is 14.7 Å². The second-order valence-electron chi connectivity index (χ2n) is 6.78. The minimum Gasteiger partial charge on any atom is -0.497 e. The van der Waals surface area contributed by atoms with E-state index in [1.54, 1.807) is 19.2 Å². The predicted octanol–water partition coefficient (Wildman–Crippen LogP) is 2.68. The normalized spacial score (nSPS) is 14.8. The predicted molar refractivity (Wildman–Crippen MR) is 106 cm³/mol. The summed E-state index contributed by atoms with van der Waals surface area (Å²) in [6, 6.07) is 17.0. The van der Waals surface area contributed by atoms with Crippen LogP contribution in [0, 0.1) is 11.3 Å². The topological polar surface area (TPSA) is 65.8 Å². The molecule has 28 heavy (non-hydrogen) atoms. The Balaban J connectivity index is 1.46. The molecular formula is C22H25N3O3. The molecule has 0 bridgehead atoms. The van der Waals surface area contributed by atoms with Gasteiger partial charge in [-0.1, -0.05) is 12.1 Å². The second-order valence-corrected chi connectivity index (χ2v) is 6.78. The third-order valence-electron chi connectivity index (χ3n) is 4.85. The van der Waals surface area contributed by atoms with Crippen LogP contribution in [0.15, 0.2) is 48.5 Å². The molecule has 0 atom stereocenters. The van der Waals surface area contributed by atoms with Crippen LogP contribution in [0.25, 0.3) is 0 Å². The molecule has 0 radical (unpaired) electrons. The summed E-state index contributed by atoms with van der Waals surface area (Å²) in [5.74, 6) is 1.43. The molecular weight excluding hydrogens is 354 g/mol. The molecule has 0 N–H and O–H groups in total. The van der Waals surface area contributed by atoms with Crippen LogP contribution in [0.3, 0.4) is 0 Å². The molecule has 0 saturated carbocycles. The fourth-order valence-corrected chi connectivity index (χ4v) is 3.23. The van der Waals surface area contributed by atoms with Crippen molar-refractivity contribution in [2.75, 3.05) is 39.9 Å². The van der Waals surface area contributed by atoms with E-state index in [1.807, 2.05) is 41.3 Å². The fourth-order valence-electron chi connectivity index (χ4n) is 3.23. The van der Waals surface area contributed by atoms with Gasteiger partial charge < -0.3 is 14.4 Å². The zero-order chi connectivity index (χ0) is 19.8. The van der Waals surface area contributed by atoms with Gasteiger partial charge in [0.15, 0.2) is 6.61 Å². The number of carbonyl (C=O) groups excluding carboxylic acids is 1. The van der Waals surface area contributed by atoms with Crippen LogP contribution in [0.1, 0.15) is 17.5 Å². The van der Waals surface area contributed by atoms with Gasteiger partial charge in [0.2, 0.25) is 0 Å². The number of ether oxygens (including phenoxy) is 2. The van der Waals surface area contributed by atoms with Crippen molar-refractivity contribution in [2.24, 2.45) is 0 Å². The highest BCUT2D eigenvalue weighted by molar-refractivity contribution is 5.77. The standard InChI is InChI=1S/C22H25N3O3/c1-27-20-7-9-21(10-8-20)28-17-22(26)25-12-2-11-24(13-14-25)16-19-5-3-18(15-23)4-6-19/h3-10H,2,11-14,16-17H2,1H3. The molecule has 0 unspecified atom stereocenters. The fraction of sp³-hybridized carbons (Fsp3) is 0.364. The van der Waals surface area contributed by atoms with Crippen molar-refractivity contribution in [3.05, 3.63) is 59.7 Å². The number of rotatable bonds is 6. The third-order valence-corrected chi connectivity index (χ3v) is 4.85. The van der Waals surface area contributed by atoms with Gasteiger partial charge in [0.1, 0.15) is 11.5 Å². The molecule has 0 aliphatic carbocycles. The molecule has 2 aromatic rings. The highest BCUT2D eigenvalue weighted by Gasteiger charge is 2.19. The molecule has 2 aromatic carbocycles. The highest BCUT2D eigenvalue weighted by Crippen LogP contribution is 2.17. The van der Waals surface area contributed by atoms with E-state index in [0.29, 0.717) is 17.9 Å². The Bertz CT molecular complexity index is 812. The quantitative estimate of drug-likeness (QED) is 0.772. The van der Waals surface area contributed by atoms with Crippen molar-refractivity contribution in [1.29, 1.82) is 5.26 Å². The van der Waals surface area contributed by atoms with Crippen LogP contribution in [0.5, 0.6) is 11.5 Å². The second kappa shape index (κ2) is 9.77. The minimum atomic E-state index is 0.0102. The van der Waals surface area contributed by atoms with Gasteiger partial charge in [-0.05, 0) is 48.4 Å². The Kier molecular flexibility index (Phi) is 6.88. The first-order valence-corrected chi connectivity index (χ1v) is 9.44. The lowest BCUT2D eigenvalue weighted by Gasteiger charge is -2.22. The molecule has 1 fully saturated rings. The zero-order valence-electron chi connectivity index (χ0n) is 16.1. The van der Waals surface area contributed by atoms with Crippen molar-refractivity contribution in [3.8, 4) is 17.6 Å². The lowest BCUT2D eigenvalue weighted by Crippen LogP contribution is -2.38. The van der Waals surface area contributed by atoms with Gasteiger partial charge in [0.25, 0.3) is 5.91 Å². The number of carbonyl (C=O) groups is 1. The Morgan fingerprint density at radius 3 is 2.39 bits per heavy atom. The maximum atomic E-state index is 12.5. The molecule has 6 heteroatoms. The zero-order valence-corrected chi connectivity index (χ0v) is 16.1. The number of hydrogen-bond donors (Lipinski definition) is 0. The molecule has 1 aliphatic rings. The number of hydrogen-bond acceptors (Lipinski definition) is 5. The molecule has 3 rings (SSSR count). The molecule has 1 saturated heterocycles. The van der Waals surface area contributed by atoms with Crippen molar-refractivity contribution in [1.82, 2.24) is 9.80 Å². The summed E-state index contributed by atoms with van der Waals surface area (Å²) in [5.41, 5.74) is 1.86. The lowest BCUT2D eigenvalue weighted by molar-refractivity contribution is -0.133. The Labute approximate surface area is 165 Å². The van der Waals surface area contributed by atoms with Gasteiger partial charge in [-0.3, -0.25) is 9.69 Å². The number of nitriles is 1. The Morgan fingerprint density at radius 2 is 1.71 bits per heavy atom. The first-order chi connectivity index (χ1) is 13.7. The smallest absolute Gasteiger partial charge is 0.260 e. The van der Waals surface area contributed by atoms with Gasteiger partial charge in [-0.15, -0.1) is 0 Å². The van der Waals surface area contributed by atoms with Crippen LogP contribution in [0.4, 0.5) is 0 Å². The molecule has 1 aliphatic heterocycles. The van der Waals surface area contributed by atoms with Crippen molar-refractivity contribution in [3.63, 3.8) is 0 Å². The van der Waals surface area contributed by atoms with Gasteiger partial charge >= 0.3 is 0 Å². The van der Waals surface area contributed by atoms with Gasteiger partial charge in [-0.2, -0.15) is 5.26 Å². The first-order valence-electron chi connectivity index (χ1n) is 9.44. The van der Waals surface area contributed by atoms with Gasteiger partial charge in [0.05, 0.1) is 18.7 Å². The van der Waals surface area contributed by atoms with Crippen molar-refractivity contribution < 1.29 is 14.3 Å². The summed E-state index contributed by atoms with van der Waals surface area (Å²) in [5, 5.41) is 8.89. The summed E-state index contributed by atoms with van der Waals surface area (Å²) in [6.45, 7) is 4.09. The molecule has 0 aromatic heterocycles. The van der Waals surface area contributed by atoms with E-state index in [-0.39, 0.29) is 12.5 Å². The molecule has 0 spiro atoms. The monoisotopic (exact) mass is 379 g/mol. The molecule has 1 heterocycles. The van der Waals surface area contributed by atoms with Crippen molar-refractivity contribution >= 4 is 5.91 Å².